The van der Waals surface area contributed by atoms with Gasteiger partial charge in [0.1, 0.15) is 0 Å². The van der Waals surface area contributed by atoms with Crippen LogP contribution in [0.15, 0.2) is 28.7 Å². The highest BCUT2D eigenvalue weighted by molar-refractivity contribution is 9.10. The van der Waals surface area contributed by atoms with Crippen molar-refractivity contribution < 1.29 is 0 Å². The summed E-state index contributed by atoms with van der Waals surface area (Å²) >= 11 is 3.50. The molecular formula is C14H20BrN3. The maximum absolute atomic E-state index is 3.50. The van der Waals surface area contributed by atoms with Gasteiger partial charge in [0.15, 0.2) is 0 Å². The van der Waals surface area contributed by atoms with Gasteiger partial charge in [0.05, 0.1) is 0 Å². The predicted molar refractivity (Wildman–Crippen MR) is 79.2 cm³/mol. The number of halogens is 1. The Balaban J connectivity index is 1.62. The van der Waals surface area contributed by atoms with Crippen molar-refractivity contribution in [3.63, 3.8) is 0 Å². The van der Waals surface area contributed by atoms with Crippen molar-refractivity contribution in [1.29, 1.82) is 0 Å². The van der Waals surface area contributed by atoms with Gasteiger partial charge in [0.2, 0.25) is 0 Å². The Morgan fingerprint density at radius 3 is 2.44 bits per heavy atom. The fraction of sp³-hybridized carbons (Fsp3) is 0.571. The molecule has 2 aliphatic heterocycles. The van der Waals surface area contributed by atoms with E-state index in [4.69, 9.17) is 0 Å². The number of hydrogen-bond donors (Lipinski definition) is 1. The van der Waals surface area contributed by atoms with Crippen LogP contribution in [0.25, 0.3) is 0 Å². The zero-order chi connectivity index (χ0) is 12.4. The molecule has 1 aromatic rings. The first kappa shape index (κ1) is 12.5. The molecule has 0 saturated carbocycles. The third-order valence-corrected chi connectivity index (χ3v) is 4.53. The maximum Gasteiger partial charge on any atom is 0.0367 e. The fourth-order valence-corrected chi connectivity index (χ4v) is 3.01. The maximum atomic E-state index is 3.50. The molecule has 3 rings (SSSR count). The minimum Gasteiger partial charge on any atom is -0.370 e. The van der Waals surface area contributed by atoms with Gasteiger partial charge < -0.3 is 10.2 Å². The van der Waals surface area contributed by atoms with Crippen LogP contribution in [0, 0.1) is 0 Å². The minimum atomic E-state index is 0.787. The van der Waals surface area contributed by atoms with Crippen LogP contribution in [-0.4, -0.2) is 50.2 Å². The van der Waals surface area contributed by atoms with Gasteiger partial charge in [0.25, 0.3) is 0 Å². The standard InChI is InChI=1S/C14H20BrN3/c15-12-2-4-13(5-3-12)17-6-1-7-18(9-8-17)14-10-16-11-14/h2-5,14,16H,1,6-11H2. The van der Waals surface area contributed by atoms with Crippen molar-refractivity contribution in [2.75, 3.05) is 44.2 Å². The number of nitrogens with zero attached hydrogens (tertiary/aromatic N) is 2. The molecule has 0 aromatic heterocycles. The Bertz CT molecular complexity index is 389. The molecule has 0 unspecified atom stereocenters. The molecule has 1 N–H and O–H groups in total. The van der Waals surface area contributed by atoms with Crippen LogP contribution in [0.5, 0.6) is 0 Å². The molecule has 4 heteroatoms. The van der Waals surface area contributed by atoms with Gasteiger partial charge in [-0.1, -0.05) is 15.9 Å². The first-order valence-corrected chi connectivity index (χ1v) is 7.57. The number of hydrogen-bond acceptors (Lipinski definition) is 3. The average Bonchev–Trinajstić information content (AvgIpc) is 2.54. The van der Waals surface area contributed by atoms with E-state index in [0.717, 1.165) is 17.1 Å². The summed E-state index contributed by atoms with van der Waals surface area (Å²) in [7, 11) is 0. The highest BCUT2D eigenvalue weighted by Gasteiger charge is 2.26. The van der Waals surface area contributed by atoms with Gasteiger partial charge in [-0.15, -0.1) is 0 Å². The predicted octanol–water partition coefficient (Wildman–Crippen LogP) is 1.93. The van der Waals surface area contributed by atoms with Crippen molar-refractivity contribution in [3.05, 3.63) is 28.7 Å². The highest BCUT2D eigenvalue weighted by Crippen LogP contribution is 2.20. The molecule has 2 aliphatic rings. The third kappa shape index (κ3) is 2.71. The molecule has 2 saturated heterocycles. The van der Waals surface area contributed by atoms with Crippen molar-refractivity contribution in [2.24, 2.45) is 0 Å². The Morgan fingerprint density at radius 2 is 1.78 bits per heavy atom. The lowest BCUT2D eigenvalue weighted by atomic mass is 10.1. The summed E-state index contributed by atoms with van der Waals surface area (Å²) in [5, 5.41) is 3.37. The van der Waals surface area contributed by atoms with Crippen LogP contribution in [-0.2, 0) is 0 Å². The van der Waals surface area contributed by atoms with Crippen molar-refractivity contribution in [1.82, 2.24) is 10.2 Å². The van der Waals surface area contributed by atoms with Crippen molar-refractivity contribution >= 4 is 21.6 Å². The Morgan fingerprint density at radius 1 is 1.00 bits per heavy atom. The molecule has 98 valence electrons. The monoisotopic (exact) mass is 309 g/mol. The summed E-state index contributed by atoms with van der Waals surface area (Å²) in [6.45, 7) is 7.13. The van der Waals surface area contributed by atoms with E-state index in [1.54, 1.807) is 0 Å². The molecule has 0 atom stereocenters. The van der Waals surface area contributed by atoms with E-state index >= 15 is 0 Å². The molecule has 18 heavy (non-hydrogen) atoms. The Hall–Kier alpha value is -0.580. The summed E-state index contributed by atoms with van der Waals surface area (Å²) in [6.07, 6.45) is 1.27. The number of benzene rings is 1. The normalized spacial score (nSPS) is 22.6. The quantitative estimate of drug-likeness (QED) is 0.900. The van der Waals surface area contributed by atoms with Gasteiger partial charge in [-0.25, -0.2) is 0 Å². The first-order valence-electron chi connectivity index (χ1n) is 6.78. The van der Waals surface area contributed by atoms with E-state index in [1.165, 1.54) is 44.8 Å². The summed E-state index contributed by atoms with van der Waals surface area (Å²) in [5.41, 5.74) is 1.35. The van der Waals surface area contributed by atoms with Crippen molar-refractivity contribution in [2.45, 2.75) is 12.5 Å². The van der Waals surface area contributed by atoms with Crippen LogP contribution >= 0.6 is 15.9 Å². The summed E-state index contributed by atoms with van der Waals surface area (Å²) < 4.78 is 1.16. The lowest BCUT2D eigenvalue weighted by molar-refractivity contribution is 0.155. The lowest BCUT2D eigenvalue weighted by Gasteiger charge is -2.37. The topological polar surface area (TPSA) is 18.5 Å². The van der Waals surface area contributed by atoms with E-state index in [-0.39, 0.29) is 0 Å². The van der Waals surface area contributed by atoms with Crippen LogP contribution in [0.1, 0.15) is 6.42 Å². The molecule has 3 nitrogen and oxygen atoms in total. The molecule has 0 aliphatic carbocycles. The smallest absolute Gasteiger partial charge is 0.0367 e. The van der Waals surface area contributed by atoms with E-state index < -0.39 is 0 Å². The second kappa shape index (κ2) is 5.59. The summed E-state index contributed by atoms with van der Waals surface area (Å²) in [5.74, 6) is 0. The van der Waals surface area contributed by atoms with Gasteiger partial charge in [-0.05, 0) is 30.7 Å². The van der Waals surface area contributed by atoms with Gasteiger partial charge >= 0.3 is 0 Å². The Labute approximate surface area is 117 Å². The van der Waals surface area contributed by atoms with Crippen LogP contribution < -0.4 is 10.2 Å². The molecule has 0 bridgehead atoms. The molecule has 1 aromatic carbocycles. The molecule has 0 amide bonds. The SMILES string of the molecule is Brc1ccc(N2CCCN(C3CNC3)CC2)cc1. The third-order valence-electron chi connectivity index (χ3n) is 4.00. The number of nitrogens with one attached hydrogen (secondary N) is 1. The fourth-order valence-electron chi connectivity index (χ4n) is 2.74. The lowest BCUT2D eigenvalue weighted by Crippen LogP contribution is -2.57. The van der Waals surface area contributed by atoms with Gasteiger partial charge in [-0.3, -0.25) is 4.90 Å². The van der Waals surface area contributed by atoms with Crippen LogP contribution in [0.2, 0.25) is 0 Å². The molecule has 2 fully saturated rings. The highest BCUT2D eigenvalue weighted by atomic mass is 79.9. The number of anilines is 1. The van der Waals surface area contributed by atoms with E-state index in [1.807, 2.05) is 0 Å². The Kier molecular flexibility index (Phi) is 3.87. The average molecular weight is 310 g/mol. The number of rotatable bonds is 2. The largest absolute Gasteiger partial charge is 0.370 e. The van der Waals surface area contributed by atoms with Crippen molar-refractivity contribution in [3.8, 4) is 0 Å². The second-order valence-electron chi connectivity index (χ2n) is 5.17. The van der Waals surface area contributed by atoms with Crippen LogP contribution in [0.4, 0.5) is 5.69 Å². The minimum absolute atomic E-state index is 0.787. The van der Waals surface area contributed by atoms with E-state index in [0.29, 0.717) is 0 Å². The van der Waals surface area contributed by atoms with Gasteiger partial charge in [-0.2, -0.15) is 0 Å². The summed E-state index contributed by atoms with van der Waals surface area (Å²) in [4.78, 5) is 5.16. The molecule has 2 heterocycles. The molecule has 0 spiro atoms. The molecule has 0 radical (unpaired) electrons. The second-order valence-corrected chi connectivity index (χ2v) is 6.08. The zero-order valence-corrected chi connectivity index (χ0v) is 12.2. The first-order chi connectivity index (χ1) is 8.83. The zero-order valence-electron chi connectivity index (χ0n) is 10.6. The summed E-state index contributed by atoms with van der Waals surface area (Å²) in [6, 6.07) is 9.48. The van der Waals surface area contributed by atoms with E-state index in [2.05, 4.69) is 55.3 Å². The van der Waals surface area contributed by atoms with E-state index in [9.17, 15) is 0 Å². The van der Waals surface area contributed by atoms with Gasteiger partial charge in [0, 0.05) is 55.5 Å². The molecular weight excluding hydrogens is 290 g/mol. The van der Waals surface area contributed by atoms with Crippen LogP contribution in [0.3, 0.4) is 0 Å².